The lowest BCUT2D eigenvalue weighted by Crippen LogP contribution is -2.39. The van der Waals surface area contributed by atoms with Crippen LogP contribution in [0.3, 0.4) is 0 Å². The van der Waals surface area contributed by atoms with Crippen molar-refractivity contribution >= 4 is 11.5 Å². The van der Waals surface area contributed by atoms with Crippen molar-refractivity contribution in [1.82, 2.24) is 4.98 Å². The van der Waals surface area contributed by atoms with Gasteiger partial charge in [-0.1, -0.05) is 26.7 Å². The smallest absolute Gasteiger partial charge is 0.274 e. The third kappa shape index (κ3) is 2.78. The molecule has 5 heteroatoms. The van der Waals surface area contributed by atoms with Crippen LogP contribution < -0.4 is 5.32 Å². The van der Waals surface area contributed by atoms with Gasteiger partial charge in [-0.05, 0) is 18.3 Å². The molecule has 1 N–H and O–H groups in total. The largest absolute Gasteiger partial charge is 0.367 e. The average Bonchev–Trinajstić information content (AvgIpc) is 2.32. The van der Waals surface area contributed by atoms with Crippen LogP contribution in [-0.2, 0) is 0 Å². The summed E-state index contributed by atoms with van der Waals surface area (Å²) in [6.07, 6.45) is 6.22. The van der Waals surface area contributed by atoms with Crippen LogP contribution in [0.4, 0.5) is 11.5 Å². The second-order valence-corrected chi connectivity index (χ2v) is 5.59. The summed E-state index contributed by atoms with van der Waals surface area (Å²) in [4.78, 5) is 14.5. The highest BCUT2D eigenvalue weighted by atomic mass is 16.6. The van der Waals surface area contributed by atoms with E-state index in [9.17, 15) is 10.1 Å². The topological polar surface area (TPSA) is 68.1 Å². The lowest BCUT2D eigenvalue weighted by Gasteiger charge is -2.39. The SMILES string of the molecule is CC1(C)CCCCC1Nc1cc([N+](=O)[O-])ccn1. The van der Waals surface area contributed by atoms with Crippen LogP contribution in [0, 0.1) is 15.5 Å². The molecule has 1 heterocycles. The minimum absolute atomic E-state index is 0.0844. The van der Waals surface area contributed by atoms with E-state index in [0.29, 0.717) is 11.9 Å². The number of anilines is 1. The highest BCUT2D eigenvalue weighted by molar-refractivity contribution is 5.45. The Morgan fingerprint density at radius 1 is 1.50 bits per heavy atom. The minimum atomic E-state index is -0.390. The van der Waals surface area contributed by atoms with Crippen molar-refractivity contribution < 1.29 is 4.92 Å². The molecular formula is C13H19N3O2. The Kier molecular flexibility index (Phi) is 3.50. The monoisotopic (exact) mass is 249 g/mol. The van der Waals surface area contributed by atoms with Gasteiger partial charge in [0.1, 0.15) is 5.82 Å². The summed E-state index contributed by atoms with van der Waals surface area (Å²) in [6, 6.07) is 3.25. The molecule has 1 unspecified atom stereocenters. The molecule has 1 aliphatic rings. The highest BCUT2D eigenvalue weighted by Crippen LogP contribution is 2.37. The van der Waals surface area contributed by atoms with E-state index in [1.54, 1.807) is 0 Å². The lowest BCUT2D eigenvalue weighted by atomic mass is 9.73. The van der Waals surface area contributed by atoms with Crippen molar-refractivity contribution in [2.75, 3.05) is 5.32 Å². The van der Waals surface area contributed by atoms with Gasteiger partial charge in [0, 0.05) is 18.3 Å². The fourth-order valence-electron chi connectivity index (χ4n) is 2.55. The molecule has 1 aliphatic carbocycles. The van der Waals surface area contributed by atoms with Gasteiger partial charge < -0.3 is 5.32 Å². The normalized spacial score (nSPS) is 22.4. The summed E-state index contributed by atoms with van der Waals surface area (Å²) in [6.45, 7) is 4.47. The van der Waals surface area contributed by atoms with Crippen molar-refractivity contribution in [3.63, 3.8) is 0 Å². The predicted octanol–water partition coefficient (Wildman–Crippen LogP) is 3.37. The van der Waals surface area contributed by atoms with E-state index in [2.05, 4.69) is 24.1 Å². The average molecular weight is 249 g/mol. The van der Waals surface area contributed by atoms with E-state index in [1.165, 1.54) is 37.6 Å². The summed E-state index contributed by atoms with van der Waals surface area (Å²) in [5.74, 6) is 0.601. The molecule has 0 bridgehead atoms. The second-order valence-electron chi connectivity index (χ2n) is 5.59. The Balaban J connectivity index is 2.13. The fourth-order valence-corrected chi connectivity index (χ4v) is 2.55. The van der Waals surface area contributed by atoms with Gasteiger partial charge in [-0.3, -0.25) is 10.1 Å². The molecule has 0 spiro atoms. The first-order valence-corrected chi connectivity index (χ1v) is 6.36. The zero-order valence-corrected chi connectivity index (χ0v) is 10.8. The number of hydrogen-bond donors (Lipinski definition) is 1. The van der Waals surface area contributed by atoms with Crippen LogP contribution >= 0.6 is 0 Å². The molecule has 0 radical (unpaired) electrons. The Bertz CT molecular complexity index is 446. The molecule has 1 atom stereocenters. The van der Waals surface area contributed by atoms with Crippen molar-refractivity contribution in [3.8, 4) is 0 Å². The van der Waals surface area contributed by atoms with E-state index >= 15 is 0 Å². The standard InChI is InChI=1S/C13H19N3O2/c1-13(2)7-4-3-5-11(13)15-12-9-10(16(17)18)6-8-14-12/h6,8-9,11H,3-5,7H2,1-2H3,(H,14,15). The second kappa shape index (κ2) is 4.92. The van der Waals surface area contributed by atoms with Gasteiger partial charge in [0.25, 0.3) is 5.69 Å². The molecule has 1 aromatic rings. The number of hydrogen-bond acceptors (Lipinski definition) is 4. The molecule has 0 amide bonds. The zero-order valence-electron chi connectivity index (χ0n) is 10.8. The number of nitrogens with one attached hydrogen (secondary N) is 1. The first-order chi connectivity index (χ1) is 8.49. The number of aromatic nitrogens is 1. The van der Waals surface area contributed by atoms with Crippen molar-refractivity contribution in [1.29, 1.82) is 0 Å². The predicted molar refractivity (Wildman–Crippen MR) is 70.6 cm³/mol. The molecule has 1 fully saturated rings. The fraction of sp³-hybridized carbons (Fsp3) is 0.615. The van der Waals surface area contributed by atoms with E-state index < -0.39 is 4.92 Å². The van der Waals surface area contributed by atoms with Crippen LogP contribution in [-0.4, -0.2) is 15.9 Å². The van der Waals surface area contributed by atoms with E-state index in [0.717, 1.165) is 6.42 Å². The van der Waals surface area contributed by atoms with Gasteiger partial charge in [-0.2, -0.15) is 0 Å². The Hall–Kier alpha value is -1.65. The lowest BCUT2D eigenvalue weighted by molar-refractivity contribution is -0.384. The van der Waals surface area contributed by atoms with Crippen LogP contribution in [0.5, 0.6) is 0 Å². The summed E-state index contributed by atoms with van der Waals surface area (Å²) < 4.78 is 0. The molecule has 98 valence electrons. The van der Waals surface area contributed by atoms with Crippen LogP contribution in [0.25, 0.3) is 0 Å². The third-order valence-electron chi connectivity index (χ3n) is 3.78. The summed E-state index contributed by atoms with van der Waals surface area (Å²) >= 11 is 0. The van der Waals surface area contributed by atoms with Gasteiger partial charge >= 0.3 is 0 Å². The number of pyridine rings is 1. The highest BCUT2D eigenvalue weighted by Gasteiger charge is 2.32. The molecule has 2 rings (SSSR count). The number of nitro groups is 1. The molecule has 0 saturated heterocycles. The van der Waals surface area contributed by atoms with Gasteiger partial charge in [0.15, 0.2) is 0 Å². The van der Waals surface area contributed by atoms with Gasteiger partial charge in [0.2, 0.25) is 0 Å². The van der Waals surface area contributed by atoms with Crippen LogP contribution in [0.1, 0.15) is 39.5 Å². The number of rotatable bonds is 3. The first-order valence-electron chi connectivity index (χ1n) is 6.36. The Labute approximate surface area is 107 Å². The summed E-state index contributed by atoms with van der Waals surface area (Å²) in [7, 11) is 0. The molecule has 5 nitrogen and oxygen atoms in total. The van der Waals surface area contributed by atoms with E-state index in [1.807, 2.05) is 0 Å². The summed E-state index contributed by atoms with van der Waals surface area (Å²) in [5, 5.41) is 14.1. The van der Waals surface area contributed by atoms with Crippen molar-refractivity contribution in [2.45, 2.75) is 45.6 Å². The van der Waals surface area contributed by atoms with E-state index in [-0.39, 0.29) is 11.1 Å². The number of nitrogens with zero attached hydrogens (tertiary/aromatic N) is 2. The first kappa shape index (κ1) is 12.8. The quantitative estimate of drug-likeness (QED) is 0.658. The van der Waals surface area contributed by atoms with Crippen molar-refractivity contribution in [2.24, 2.45) is 5.41 Å². The summed E-state index contributed by atoms with van der Waals surface area (Å²) in [5.41, 5.74) is 0.297. The minimum Gasteiger partial charge on any atom is -0.367 e. The molecule has 18 heavy (non-hydrogen) atoms. The van der Waals surface area contributed by atoms with Crippen LogP contribution in [0.2, 0.25) is 0 Å². The maximum Gasteiger partial charge on any atom is 0.274 e. The molecular weight excluding hydrogens is 230 g/mol. The maximum atomic E-state index is 10.7. The molecule has 0 aliphatic heterocycles. The molecule has 0 aromatic carbocycles. The van der Waals surface area contributed by atoms with Crippen molar-refractivity contribution in [3.05, 3.63) is 28.4 Å². The molecule has 1 aromatic heterocycles. The van der Waals surface area contributed by atoms with Gasteiger partial charge in [-0.15, -0.1) is 0 Å². The maximum absolute atomic E-state index is 10.7. The third-order valence-corrected chi connectivity index (χ3v) is 3.78. The van der Waals surface area contributed by atoms with Gasteiger partial charge in [0.05, 0.1) is 11.0 Å². The Morgan fingerprint density at radius 2 is 2.28 bits per heavy atom. The molecule has 1 saturated carbocycles. The van der Waals surface area contributed by atoms with E-state index in [4.69, 9.17) is 0 Å². The van der Waals surface area contributed by atoms with Gasteiger partial charge in [-0.25, -0.2) is 4.98 Å². The zero-order chi connectivity index (χ0) is 13.2. The van der Waals surface area contributed by atoms with Crippen LogP contribution in [0.15, 0.2) is 18.3 Å². The Morgan fingerprint density at radius 3 is 2.94 bits per heavy atom.